The maximum Gasteiger partial charge on any atom is 0.0868 e. The Morgan fingerprint density at radius 1 is 1.50 bits per heavy atom. The highest BCUT2D eigenvalue weighted by Gasteiger charge is 2.56. The minimum Gasteiger partial charge on any atom is -0.369 e. The summed E-state index contributed by atoms with van der Waals surface area (Å²) in [6.45, 7) is 0. The summed E-state index contributed by atoms with van der Waals surface area (Å²) in [7, 11) is 0. The molecule has 2 fully saturated rings. The first-order valence-electron chi connectivity index (χ1n) is 1.62. The smallest absolute Gasteiger partial charge is 0.0868 e. The van der Waals surface area contributed by atoms with Crippen molar-refractivity contribution < 1.29 is 4.74 Å². The van der Waals surface area contributed by atoms with Crippen molar-refractivity contribution in [1.82, 2.24) is 0 Å². The fraction of sp³-hybridized carbons (Fsp3) is 1.00. The normalized spacial score (nSPS) is 66.0. The highest BCUT2D eigenvalue weighted by atomic mass is 16.6. The largest absolute Gasteiger partial charge is 0.369 e. The van der Waals surface area contributed by atoms with Crippen LogP contribution >= 0.6 is 0 Å². The molecule has 0 aromatic rings. The average molecular weight is 56.1 g/mol. The fourth-order valence-corrected chi connectivity index (χ4v) is 0.318. The van der Waals surface area contributed by atoms with E-state index >= 15 is 0 Å². The Morgan fingerprint density at radius 2 is 1.75 bits per heavy atom. The van der Waals surface area contributed by atoms with Crippen LogP contribution in [0, 0.1) is 0 Å². The third-order valence-electron chi connectivity index (χ3n) is 0.949. The Hall–Kier alpha value is -0.0400. The Balaban J connectivity index is 2.48. The second-order valence-electron chi connectivity index (χ2n) is 1.45. The van der Waals surface area contributed by atoms with Crippen LogP contribution in [0.25, 0.3) is 0 Å². The van der Waals surface area contributed by atoms with Crippen LogP contribution in [0.15, 0.2) is 0 Å². The van der Waals surface area contributed by atoms with Gasteiger partial charge in [-0.3, -0.25) is 0 Å². The molecule has 0 aromatic carbocycles. The summed E-state index contributed by atoms with van der Waals surface area (Å²) in [4.78, 5) is 0. The monoisotopic (exact) mass is 56.0 g/mol. The third-order valence-corrected chi connectivity index (χ3v) is 0.949. The lowest BCUT2D eigenvalue weighted by Gasteiger charge is -1.66. The first kappa shape index (κ1) is 1.41. The van der Waals surface area contributed by atoms with Gasteiger partial charge in [-0.15, -0.1) is 0 Å². The molecular formula is C3H4O. The fourth-order valence-electron chi connectivity index (χ4n) is 0.318. The lowest BCUT2D eigenvalue weighted by Crippen LogP contribution is -1.62. The molecule has 1 heteroatoms. The quantitative estimate of drug-likeness (QED) is 0.360. The average Bonchev–Trinajstić information content (AvgIpc) is 1.36. The summed E-state index contributed by atoms with van der Waals surface area (Å²) < 4.78 is 4.81. The van der Waals surface area contributed by atoms with Gasteiger partial charge in [-0.2, -0.15) is 0 Å². The molecule has 1 nitrogen and oxygen atoms in total. The summed E-state index contributed by atoms with van der Waals surface area (Å²) in [5.41, 5.74) is 0. The van der Waals surface area contributed by atoms with Gasteiger partial charge in [0.25, 0.3) is 0 Å². The minimum absolute atomic E-state index is 0.750. The SMILES string of the molecule is C1C2O[C@H]12. The van der Waals surface area contributed by atoms with Crippen molar-refractivity contribution in [2.45, 2.75) is 18.6 Å². The van der Waals surface area contributed by atoms with E-state index in [0.29, 0.717) is 0 Å². The Labute approximate surface area is 24.6 Å². The van der Waals surface area contributed by atoms with Crippen molar-refractivity contribution in [3.8, 4) is 0 Å². The molecule has 2 aliphatic rings. The van der Waals surface area contributed by atoms with Crippen LogP contribution in [0.2, 0.25) is 0 Å². The summed E-state index contributed by atoms with van der Waals surface area (Å²) in [5, 5.41) is 0. The van der Waals surface area contributed by atoms with Gasteiger partial charge in [-0.25, -0.2) is 0 Å². The molecule has 2 rings (SSSR count). The highest BCUT2D eigenvalue weighted by Crippen LogP contribution is 2.45. The molecule has 22 valence electrons. The van der Waals surface area contributed by atoms with E-state index in [1.54, 1.807) is 0 Å². The first-order valence-corrected chi connectivity index (χ1v) is 1.62. The van der Waals surface area contributed by atoms with Gasteiger partial charge < -0.3 is 4.74 Å². The topological polar surface area (TPSA) is 12.5 Å². The van der Waals surface area contributed by atoms with Gasteiger partial charge in [-0.05, 0) is 0 Å². The molecular weight excluding hydrogens is 52.0 g/mol. The van der Waals surface area contributed by atoms with E-state index in [9.17, 15) is 0 Å². The molecule has 0 aromatic heterocycles. The lowest BCUT2D eigenvalue weighted by atomic mass is 10.9. The molecule has 0 amide bonds. The van der Waals surface area contributed by atoms with Gasteiger partial charge in [0.2, 0.25) is 0 Å². The van der Waals surface area contributed by atoms with Crippen LogP contribution < -0.4 is 0 Å². The summed E-state index contributed by atoms with van der Waals surface area (Å²) in [6, 6.07) is 0. The lowest BCUT2D eigenvalue weighted by molar-refractivity contribution is 0.295. The van der Waals surface area contributed by atoms with Crippen molar-refractivity contribution in [3.63, 3.8) is 0 Å². The van der Waals surface area contributed by atoms with Crippen LogP contribution in [0.4, 0.5) is 0 Å². The minimum atomic E-state index is 0.750. The molecule has 1 saturated heterocycles. The molecule has 0 bridgehead atoms. The first-order chi connectivity index (χ1) is 1.97. The molecule has 1 saturated carbocycles. The number of fused-ring (bicyclic) bond motifs is 1. The molecule has 1 unspecified atom stereocenters. The molecule has 4 heavy (non-hydrogen) atoms. The summed E-state index contributed by atoms with van der Waals surface area (Å²) in [6.07, 6.45) is 2.86. The van der Waals surface area contributed by atoms with Crippen molar-refractivity contribution in [1.29, 1.82) is 0 Å². The number of ether oxygens (including phenoxy) is 1. The van der Waals surface area contributed by atoms with E-state index in [-0.39, 0.29) is 0 Å². The van der Waals surface area contributed by atoms with E-state index in [4.69, 9.17) is 4.74 Å². The van der Waals surface area contributed by atoms with Gasteiger partial charge in [0.15, 0.2) is 0 Å². The van der Waals surface area contributed by atoms with E-state index in [2.05, 4.69) is 0 Å². The van der Waals surface area contributed by atoms with Crippen molar-refractivity contribution >= 4 is 0 Å². The van der Waals surface area contributed by atoms with Crippen molar-refractivity contribution in [2.24, 2.45) is 0 Å². The maximum absolute atomic E-state index is 4.81. The molecule has 1 aliphatic heterocycles. The van der Waals surface area contributed by atoms with Gasteiger partial charge in [0.05, 0.1) is 12.2 Å². The molecule has 1 heterocycles. The standard InChI is InChI=1S/C3H4O/c1-2-3(1)4-2/h2-3H,1H2/t2-,3?/m1/s1. The van der Waals surface area contributed by atoms with Crippen molar-refractivity contribution in [2.75, 3.05) is 0 Å². The number of epoxide rings is 1. The second kappa shape index (κ2) is 0.179. The van der Waals surface area contributed by atoms with E-state index in [1.165, 1.54) is 6.42 Å². The second-order valence-corrected chi connectivity index (χ2v) is 1.45. The number of rotatable bonds is 0. The predicted octanol–water partition coefficient (Wildman–Crippen LogP) is 0.157. The molecule has 0 radical (unpaired) electrons. The Morgan fingerprint density at radius 3 is 1.75 bits per heavy atom. The summed E-state index contributed by atoms with van der Waals surface area (Å²) in [5.74, 6) is 0. The van der Waals surface area contributed by atoms with Gasteiger partial charge >= 0.3 is 0 Å². The van der Waals surface area contributed by atoms with Crippen LogP contribution in [0.1, 0.15) is 6.42 Å². The highest BCUT2D eigenvalue weighted by molar-refractivity contribution is 5.03. The molecule has 2 atom stereocenters. The molecule has 1 aliphatic carbocycles. The maximum atomic E-state index is 4.81. The zero-order valence-electron chi connectivity index (χ0n) is 2.27. The van der Waals surface area contributed by atoms with Crippen LogP contribution in [-0.4, -0.2) is 12.2 Å². The van der Waals surface area contributed by atoms with E-state index < -0.39 is 0 Å². The van der Waals surface area contributed by atoms with Crippen LogP contribution in [-0.2, 0) is 4.74 Å². The van der Waals surface area contributed by atoms with Gasteiger partial charge in [0, 0.05) is 6.42 Å². The van der Waals surface area contributed by atoms with E-state index in [1.807, 2.05) is 0 Å². The summed E-state index contributed by atoms with van der Waals surface area (Å²) >= 11 is 0. The van der Waals surface area contributed by atoms with Crippen LogP contribution in [0.3, 0.4) is 0 Å². The predicted molar refractivity (Wildman–Crippen MR) is 13.3 cm³/mol. The third kappa shape index (κ3) is 0.0285. The zero-order valence-corrected chi connectivity index (χ0v) is 2.27. The van der Waals surface area contributed by atoms with Crippen molar-refractivity contribution in [3.05, 3.63) is 0 Å². The number of hydrogen-bond acceptors (Lipinski definition) is 1. The van der Waals surface area contributed by atoms with E-state index in [0.717, 1.165) is 12.2 Å². The zero-order chi connectivity index (χ0) is 2.57. The van der Waals surface area contributed by atoms with Crippen LogP contribution in [0.5, 0.6) is 0 Å². The Kier molecular flexibility index (Phi) is 0.0633. The number of hydrogen-bond donors (Lipinski definition) is 0. The van der Waals surface area contributed by atoms with Gasteiger partial charge in [-0.1, -0.05) is 0 Å². The Bertz CT molecular complexity index is 39.2. The molecule has 0 N–H and O–H groups in total. The van der Waals surface area contributed by atoms with Gasteiger partial charge in [0.1, 0.15) is 0 Å². The molecule has 0 spiro atoms.